The van der Waals surface area contributed by atoms with Gasteiger partial charge in [-0.25, -0.2) is 20.0 Å². The number of hydrogen-bond acceptors (Lipinski definition) is 4. The Morgan fingerprint density at radius 1 is 1.11 bits per heavy atom. The van der Waals surface area contributed by atoms with Crippen molar-refractivity contribution in [2.45, 2.75) is 58.4 Å². The molecule has 28 heavy (non-hydrogen) atoms. The second-order valence-corrected chi connectivity index (χ2v) is 13.3. The summed E-state index contributed by atoms with van der Waals surface area (Å²) in [5, 5.41) is 1.25. The summed E-state index contributed by atoms with van der Waals surface area (Å²) in [7, 11) is -1.33. The molecular weight excluding hydrogens is 372 g/mol. The van der Waals surface area contributed by atoms with Gasteiger partial charge in [0.15, 0.2) is 0 Å². The predicted molar refractivity (Wildman–Crippen MR) is 115 cm³/mol. The largest absolute Gasteiger partial charge is 0.449 e. The summed E-state index contributed by atoms with van der Waals surface area (Å²) in [6.07, 6.45) is 4.25. The molecule has 0 aromatic heterocycles. The molecule has 1 atom stereocenters. The standard InChI is InChI=1S/C21H34N2O4Si/c1-6-26-20(24)22-23(21(25)27-7-2)19(16-17-28(3,4)5)15-11-14-18-12-9-8-10-13-18/h8-13,15,19H,6-7,14,16-17H2,1-5H3,(H,22,24)/b15-11+. The Morgan fingerprint density at radius 2 is 1.75 bits per heavy atom. The lowest BCUT2D eigenvalue weighted by Crippen LogP contribution is -2.52. The molecule has 0 saturated heterocycles. The zero-order valence-electron chi connectivity index (χ0n) is 17.7. The van der Waals surface area contributed by atoms with Crippen molar-refractivity contribution >= 4 is 20.3 Å². The predicted octanol–water partition coefficient (Wildman–Crippen LogP) is 5.00. The maximum atomic E-state index is 12.5. The van der Waals surface area contributed by atoms with Crippen molar-refractivity contribution in [1.82, 2.24) is 10.4 Å². The van der Waals surface area contributed by atoms with Gasteiger partial charge in [-0.2, -0.15) is 0 Å². The Kier molecular flexibility index (Phi) is 10.4. The molecule has 7 heteroatoms. The second kappa shape index (κ2) is 12.2. The van der Waals surface area contributed by atoms with Crippen LogP contribution in [0.1, 0.15) is 25.8 Å². The zero-order chi connectivity index (χ0) is 21.0. The summed E-state index contributed by atoms with van der Waals surface area (Å²) in [5.74, 6) is 0. The van der Waals surface area contributed by atoms with Crippen LogP contribution in [-0.2, 0) is 15.9 Å². The van der Waals surface area contributed by atoms with Crippen LogP contribution in [0.3, 0.4) is 0 Å². The number of allylic oxidation sites excluding steroid dienone is 1. The number of hydrazine groups is 1. The highest BCUT2D eigenvalue weighted by Crippen LogP contribution is 2.18. The molecule has 0 bridgehead atoms. The van der Waals surface area contributed by atoms with E-state index in [4.69, 9.17) is 9.47 Å². The highest BCUT2D eigenvalue weighted by molar-refractivity contribution is 6.76. The number of ether oxygens (including phenoxy) is 2. The first-order valence-corrected chi connectivity index (χ1v) is 13.6. The van der Waals surface area contributed by atoms with Crippen LogP contribution < -0.4 is 5.43 Å². The molecule has 1 aromatic rings. The van der Waals surface area contributed by atoms with Gasteiger partial charge >= 0.3 is 12.2 Å². The molecule has 0 aliphatic heterocycles. The van der Waals surface area contributed by atoms with Gasteiger partial charge in [-0.3, -0.25) is 0 Å². The summed E-state index contributed by atoms with van der Waals surface area (Å²) in [6, 6.07) is 10.8. The molecule has 2 amide bonds. The molecule has 0 saturated carbocycles. The Labute approximate surface area is 169 Å². The lowest BCUT2D eigenvalue weighted by molar-refractivity contribution is 0.0626. The highest BCUT2D eigenvalue weighted by Gasteiger charge is 2.27. The van der Waals surface area contributed by atoms with E-state index in [0.717, 1.165) is 18.9 Å². The second-order valence-electron chi connectivity index (χ2n) is 7.69. The molecule has 6 nitrogen and oxygen atoms in total. The summed E-state index contributed by atoms with van der Waals surface area (Å²) >= 11 is 0. The fourth-order valence-electron chi connectivity index (χ4n) is 2.59. The van der Waals surface area contributed by atoms with Gasteiger partial charge in [0.2, 0.25) is 0 Å². The van der Waals surface area contributed by atoms with Crippen LogP contribution >= 0.6 is 0 Å². The van der Waals surface area contributed by atoms with E-state index in [1.165, 1.54) is 10.6 Å². The van der Waals surface area contributed by atoms with Gasteiger partial charge in [0.1, 0.15) is 0 Å². The lowest BCUT2D eigenvalue weighted by atomic mass is 10.1. The molecule has 1 aromatic carbocycles. The Bertz CT molecular complexity index is 629. The maximum Gasteiger partial charge on any atom is 0.429 e. The normalized spacial score (nSPS) is 12.5. The van der Waals surface area contributed by atoms with Crippen LogP contribution in [0.2, 0.25) is 25.7 Å². The van der Waals surface area contributed by atoms with E-state index in [9.17, 15) is 9.59 Å². The number of carbonyl (C=O) groups is 2. The van der Waals surface area contributed by atoms with Crippen LogP contribution in [0.4, 0.5) is 9.59 Å². The minimum atomic E-state index is -1.33. The first-order chi connectivity index (χ1) is 13.3. The lowest BCUT2D eigenvalue weighted by Gasteiger charge is -2.30. The average molecular weight is 407 g/mol. The fourth-order valence-corrected chi connectivity index (χ4v) is 3.75. The third-order valence-electron chi connectivity index (χ3n) is 4.03. The Morgan fingerprint density at radius 3 is 2.32 bits per heavy atom. The molecule has 1 rings (SSSR count). The van der Waals surface area contributed by atoms with Crippen molar-refractivity contribution in [1.29, 1.82) is 0 Å². The summed E-state index contributed by atoms with van der Waals surface area (Å²) in [4.78, 5) is 24.5. The van der Waals surface area contributed by atoms with Crippen LogP contribution in [0.15, 0.2) is 42.5 Å². The van der Waals surface area contributed by atoms with Crippen LogP contribution in [-0.4, -0.2) is 44.5 Å². The van der Waals surface area contributed by atoms with Gasteiger partial charge in [-0.15, -0.1) is 0 Å². The van der Waals surface area contributed by atoms with Crippen molar-refractivity contribution in [3.05, 3.63) is 48.0 Å². The van der Waals surface area contributed by atoms with E-state index in [0.29, 0.717) is 0 Å². The molecule has 1 unspecified atom stereocenters. The summed E-state index contributed by atoms with van der Waals surface area (Å²) < 4.78 is 10.1. The summed E-state index contributed by atoms with van der Waals surface area (Å²) in [6.45, 7) is 10.8. The number of hydrogen-bond donors (Lipinski definition) is 1. The van der Waals surface area contributed by atoms with E-state index in [-0.39, 0.29) is 19.3 Å². The van der Waals surface area contributed by atoms with E-state index in [1.807, 2.05) is 30.4 Å². The van der Waals surface area contributed by atoms with Crippen LogP contribution in [0.5, 0.6) is 0 Å². The van der Waals surface area contributed by atoms with E-state index in [1.54, 1.807) is 13.8 Å². The molecule has 0 radical (unpaired) electrons. The molecule has 0 fully saturated rings. The molecule has 156 valence electrons. The van der Waals surface area contributed by atoms with Gasteiger partial charge < -0.3 is 9.47 Å². The first-order valence-electron chi connectivity index (χ1n) is 9.86. The average Bonchev–Trinajstić information content (AvgIpc) is 2.63. The monoisotopic (exact) mass is 406 g/mol. The van der Waals surface area contributed by atoms with Gasteiger partial charge in [0.05, 0.1) is 19.3 Å². The highest BCUT2D eigenvalue weighted by atomic mass is 28.3. The molecule has 0 aliphatic carbocycles. The van der Waals surface area contributed by atoms with Gasteiger partial charge in [0.25, 0.3) is 0 Å². The smallest absolute Gasteiger partial charge is 0.429 e. The number of benzene rings is 1. The molecule has 1 N–H and O–H groups in total. The number of carbonyl (C=O) groups excluding carboxylic acids is 2. The van der Waals surface area contributed by atoms with Crippen molar-refractivity contribution in [2.75, 3.05) is 13.2 Å². The molecule has 0 spiro atoms. The molecule has 0 aliphatic rings. The van der Waals surface area contributed by atoms with Crippen molar-refractivity contribution in [2.24, 2.45) is 0 Å². The van der Waals surface area contributed by atoms with Crippen molar-refractivity contribution in [3.63, 3.8) is 0 Å². The first kappa shape index (κ1) is 23.8. The third kappa shape index (κ3) is 9.59. The number of amides is 2. The fraction of sp³-hybridized carbons (Fsp3) is 0.524. The van der Waals surface area contributed by atoms with Gasteiger partial charge in [-0.05, 0) is 32.3 Å². The molecular formula is C21H34N2O4Si. The Balaban J connectivity index is 2.99. The minimum Gasteiger partial charge on any atom is -0.449 e. The van der Waals surface area contributed by atoms with E-state index < -0.39 is 20.3 Å². The topological polar surface area (TPSA) is 67.9 Å². The van der Waals surface area contributed by atoms with Gasteiger partial charge in [0, 0.05) is 8.07 Å². The van der Waals surface area contributed by atoms with Crippen molar-refractivity contribution in [3.8, 4) is 0 Å². The quantitative estimate of drug-likeness (QED) is 0.356. The zero-order valence-corrected chi connectivity index (χ0v) is 18.7. The van der Waals surface area contributed by atoms with Gasteiger partial charge in [-0.1, -0.05) is 68.2 Å². The maximum absolute atomic E-state index is 12.5. The number of nitrogens with zero attached hydrogens (tertiary/aromatic N) is 1. The van der Waals surface area contributed by atoms with E-state index in [2.05, 4.69) is 37.2 Å². The molecule has 0 heterocycles. The van der Waals surface area contributed by atoms with Crippen molar-refractivity contribution < 1.29 is 19.1 Å². The third-order valence-corrected chi connectivity index (χ3v) is 5.82. The number of rotatable bonds is 9. The Hall–Kier alpha value is -2.28. The minimum absolute atomic E-state index is 0.228. The van der Waals surface area contributed by atoms with E-state index >= 15 is 0 Å². The summed E-state index contributed by atoms with van der Waals surface area (Å²) in [5.41, 5.74) is 3.73. The van der Waals surface area contributed by atoms with Crippen LogP contribution in [0, 0.1) is 0 Å². The van der Waals surface area contributed by atoms with Crippen LogP contribution in [0.25, 0.3) is 0 Å². The number of nitrogens with one attached hydrogen (secondary N) is 1. The SMILES string of the molecule is CCOC(=O)NN(C(=O)OCC)C(/C=C/Cc1ccccc1)CC[Si](C)(C)C.